The molecule has 31 heavy (non-hydrogen) atoms. The average Bonchev–Trinajstić information content (AvgIpc) is 3.51. The molecule has 1 aliphatic carbocycles. The van der Waals surface area contributed by atoms with Crippen LogP contribution in [0.5, 0.6) is 0 Å². The first-order valence-electron chi connectivity index (χ1n) is 10.0. The lowest BCUT2D eigenvalue weighted by Crippen LogP contribution is -2.15. The van der Waals surface area contributed by atoms with Crippen molar-refractivity contribution in [3.63, 3.8) is 0 Å². The van der Waals surface area contributed by atoms with Gasteiger partial charge >= 0.3 is 0 Å². The molecule has 10 heteroatoms. The molecule has 1 aromatic carbocycles. The highest BCUT2D eigenvalue weighted by Gasteiger charge is 2.21. The second kappa shape index (κ2) is 7.98. The minimum atomic E-state index is 0.0712. The number of pyridine rings is 1. The summed E-state index contributed by atoms with van der Waals surface area (Å²) in [5.74, 6) is 2.84. The Kier molecular flexibility index (Phi) is 4.87. The van der Waals surface area contributed by atoms with Crippen molar-refractivity contribution < 1.29 is 4.52 Å². The number of hydrogen-bond donors (Lipinski definition) is 2. The van der Waals surface area contributed by atoms with Gasteiger partial charge in [-0.15, -0.1) is 0 Å². The zero-order chi connectivity index (χ0) is 21.2. The first-order chi connectivity index (χ1) is 15.2. The third-order valence-corrected chi connectivity index (χ3v) is 4.99. The highest BCUT2D eigenvalue weighted by Crippen LogP contribution is 2.29. The van der Waals surface area contributed by atoms with Crippen LogP contribution in [0.4, 0.5) is 23.4 Å². The normalized spacial score (nSPS) is 13.2. The molecule has 1 aliphatic rings. The Morgan fingerprint density at radius 1 is 1.03 bits per heavy atom. The molecule has 1 saturated carbocycles. The molecular weight excluding hydrogens is 394 g/mol. The van der Waals surface area contributed by atoms with Gasteiger partial charge in [-0.2, -0.15) is 19.9 Å². The van der Waals surface area contributed by atoms with Crippen LogP contribution in [0.3, 0.4) is 0 Å². The van der Waals surface area contributed by atoms with E-state index < -0.39 is 0 Å². The van der Waals surface area contributed by atoms with E-state index in [1.807, 2.05) is 49.5 Å². The largest absolute Gasteiger partial charge is 0.370 e. The van der Waals surface area contributed by atoms with E-state index in [1.54, 1.807) is 11.1 Å². The van der Waals surface area contributed by atoms with Crippen molar-refractivity contribution in [1.29, 1.82) is 0 Å². The molecule has 0 aliphatic heterocycles. The summed E-state index contributed by atoms with van der Waals surface area (Å²) in [6.45, 7) is 0.956. The number of nitrogens with one attached hydrogen (secondary N) is 1. The second-order valence-electron chi connectivity index (χ2n) is 7.39. The molecule has 3 aromatic heterocycles. The van der Waals surface area contributed by atoms with Gasteiger partial charge in [-0.25, -0.2) is 4.98 Å². The van der Waals surface area contributed by atoms with Crippen LogP contribution in [0.1, 0.15) is 12.8 Å². The van der Waals surface area contributed by atoms with Crippen LogP contribution in [0.15, 0.2) is 53.2 Å². The highest BCUT2D eigenvalue weighted by molar-refractivity contribution is 5.60. The molecule has 0 saturated heterocycles. The number of para-hydroxylation sites is 1. The Balaban J connectivity index is 1.37. The van der Waals surface area contributed by atoms with Crippen LogP contribution in [0, 0.1) is 5.92 Å². The Bertz CT molecular complexity index is 1170. The fraction of sp³-hybridized carbons (Fsp3) is 0.238. The van der Waals surface area contributed by atoms with Crippen LogP contribution in [-0.2, 0) is 0 Å². The van der Waals surface area contributed by atoms with E-state index in [4.69, 9.17) is 10.3 Å². The summed E-state index contributed by atoms with van der Waals surface area (Å²) in [6.07, 6.45) is 4.28. The first-order valence-corrected chi connectivity index (χ1v) is 10.0. The van der Waals surface area contributed by atoms with Crippen molar-refractivity contribution in [2.75, 3.05) is 29.5 Å². The average molecular weight is 415 g/mol. The summed E-state index contributed by atoms with van der Waals surface area (Å²) in [4.78, 5) is 23.5. The monoisotopic (exact) mass is 415 g/mol. The van der Waals surface area contributed by atoms with Gasteiger partial charge in [-0.3, -0.25) is 0 Å². The van der Waals surface area contributed by atoms with Gasteiger partial charge in [-0.1, -0.05) is 23.4 Å². The zero-order valence-electron chi connectivity index (χ0n) is 16.9. The SMILES string of the molecule is CN(c1ccccc1)c1nc(N)nc(-c2noc(-c3ccc(NCC4CC4)nc3)n2)n1. The fourth-order valence-electron chi connectivity index (χ4n) is 3.03. The van der Waals surface area contributed by atoms with Gasteiger partial charge in [0, 0.05) is 25.5 Å². The van der Waals surface area contributed by atoms with Gasteiger partial charge in [0.15, 0.2) is 0 Å². The number of benzene rings is 1. The van der Waals surface area contributed by atoms with E-state index in [2.05, 4.69) is 35.4 Å². The number of rotatable bonds is 7. The predicted octanol–water partition coefficient (Wildman–Crippen LogP) is 3.16. The summed E-state index contributed by atoms with van der Waals surface area (Å²) in [7, 11) is 1.85. The summed E-state index contributed by atoms with van der Waals surface area (Å²) < 4.78 is 5.40. The van der Waals surface area contributed by atoms with Crippen LogP contribution in [0.2, 0.25) is 0 Å². The molecule has 3 heterocycles. The van der Waals surface area contributed by atoms with Crippen molar-refractivity contribution in [3.05, 3.63) is 48.7 Å². The third kappa shape index (κ3) is 4.27. The van der Waals surface area contributed by atoms with Gasteiger partial charge in [-0.05, 0) is 43.0 Å². The topological polar surface area (TPSA) is 132 Å². The number of nitrogen functional groups attached to an aromatic ring is 1. The molecule has 10 nitrogen and oxygen atoms in total. The molecule has 1 fully saturated rings. The maximum Gasteiger partial charge on any atom is 0.259 e. The summed E-state index contributed by atoms with van der Waals surface area (Å²) >= 11 is 0. The van der Waals surface area contributed by atoms with Crippen molar-refractivity contribution >= 4 is 23.4 Å². The molecule has 0 atom stereocenters. The van der Waals surface area contributed by atoms with Gasteiger partial charge in [0.05, 0.1) is 5.56 Å². The number of hydrogen-bond acceptors (Lipinski definition) is 10. The molecule has 0 bridgehead atoms. The molecule has 0 spiro atoms. The first kappa shape index (κ1) is 18.9. The molecule has 5 rings (SSSR count). The number of anilines is 4. The fourth-order valence-corrected chi connectivity index (χ4v) is 3.03. The lowest BCUT2D eigenvalue weighted by molar-refractivity contribution is 0.431. The van der Waals surface area contributed by atoms with Crippen molar-refractivity contribution in [1.82, 2.24) is 30.1 Å². The van der Waals surface area contributed by atoms with E-state index in [0.29, 0.717) is 17.4 Å². The number of nitrogens with zero attached hydrogens (tertiary/aromatic N) is 7. The van der Waals surface area contributed by atoms with Crippen molar-refractivity contribution in [2.45, 2.75) is 12.8 Å². The maximum absolute atomic E-state index is 5.91. The smallest absolute Gasteiger partial charge is 0.259 e. The zero-order valence-corrected chi connectivity index (χ0v) is 16.9. The third-order valence-electron chi connectivity index (χ3n) is 4.99. The van der Waals surface area contributed by atoms with Crippen LogP contribution < -0.4 is 16.0 Å². The molecule has 156 valence electrons. The van der Waals surface area contributed by atoms with Gasteiger partial charge in [0.25, 0.3) is 5.89 Å². The Hall–Kier alpha value is -4.08. The van der Waals surface area contributed by atoms with E-state index in [0.717, 1.165) is 24.0 Å². The summed E-state index contributed by atoms with van der Waals surface area (Å²) in [5.41, 5.74) is 7.53. The Morgan fingerprint density at radius 2 is 1.87 bits per heavy atom. The van der Waals surface area contributed by atoms with E-state index in [9.17, 15) is 0 Å². The Labute approximate surface area is 178 Å². The standard InChI is InChI=1S/C21H21N9O/c1-30(15-5-3-2-4-6-15)21-27-17(26-20(22)28-21)18-25-19(31-29-18)14-9-10-16(24-12-14)23-11-13-7-8-13/h2-6,9-10,12-13H,7-8,11H2,1H3,(H,23,24)(H2,22,26,27,28). The van der Waals surface area contributed by atoms with E-state index in [-0.39, 0.29) is 17.6 Å². The predicted molar refractivity (Wildman–Crippen MR) is 116 cm³/mol. The van der Waals surface area contributed by atoms with Crippen LogP contribution >= 0.6 is 0 Å². The van der Waals surface area contributed by atoms with E-state index in [1.165, 1.54) is 12.8 Å². The van der Waals surface area contributed by atoms with Gasteiger partial charge in [0.1, 0.15) is 5.82 Å². The minimum Gasteiger partial charge on any atom is -0.370 e. The van der Waals surface area contributed by atoms with Crippen LogP contribution in [-0.4, -0.2) is 43.7 Å². The van der Waals surface area contributed by atoms with Crippen molar-refractivity contribution in [3.8, 4) is 23.1 Å². The number of nitrogens with two attached hydrogens (primary N) is 1. The second-order valence-corrected chi connectivity index (χ2v) is 7.39. The molecule has 3 N–H and O–H groups in total. The van der Waals surface area contributed by atoms with E-state index >= 15 is 0 Å². The lowest BCUT2D eigenvalue weighted by atomic mass is 10.3. The quantitative estimate of drug-likeness (QED) is 0.464. The lowest BCUT2D eigenvalue weighted by Gasteiger charge is -2.17. The molecule has 4 aromatic rings. The van der Waals surface area contributed by atoms with Crippen LogP contribution in [0.25, 0.3) is 23.1 Å². The maximum atomic E-state index is 5.91. The molecular formula is C21H21N9O. The molecule has 0 radical (unpaired) electrons. The number of aromatic nitrogens is 6. The Morgan fingerprint density at radius 3 is 2.61 bits per heavy atom. The van der Waals surface area contributed by atoms with Crippen molar-refractivity contribution in [2.24, 2.45) is 5.92 Å². The highest BCUT2D eigenvalue weighted by atomic mass is 16.5. The minimum absolute atomic E-state index is 0.0712. The summed E-state index contributed by atoms with van der Waals surface area (Å²) in [5, 5.41) is 7.34. The van der Waals surface area contributed by atoms with Gasteiger partial charge in [0.2, 0.25) is 23.5 Å². The van der Waals surface area contributed by atoms with Gasteiger partial charge < -0.3 is 20.5 Å². The molecule has 0 amide bonds. The summed E-state index contributed by atoms with van der Waals surface area (Å²) in [6, 6.07) is 13.5. The molecule has 0 unspecified atom stereocenters.